The maximum absolute atomic E-state index is 12.3. The summed E-state index contributed by atoms with van der Waals surface area (Å²) in [6.07, 6.45) is 4.16. The highest BCUT2D eigenvalue weighted by molar-refractivity contribution is 6.31. The third kappa shape index (κ3) is 4.04. The predicted octanol–water partition coefficient (Wildman–Crippen LogP) is 2.33. The Labute approximate surface area is 129 Å². The molecule has 0 aliphatic heterocycles. The Bertz CT molecular complexity index is 592. The lowest BCUT2D eigenvalue weighted by Crippen LogP contribution is -2.38. The van der Waals surface area contributed by atoms with E-state index in [9.17, 15) is 4.79 Å². The summed E-state index contributed by atoms with van der Waals surface area (Å²) in [5.74, 6) is -0.00222. The Morgan fingerprint density at radius 1 is 1.48 bits per heavy atom. The zero-order chi connectivity index (χ0) is 15.4. The van der Waals surface area contributed by atoms with Gasteiger partial charge in [0.05, 0.1) is 10.7 Å². The van der Waals surface area contributed by atoms with Crippen molar-refractivity contribution in [2.75, 3.05) is 7.05 Å². The number of carbonyl (C=O) groups is 1. The molecule has 0 unspecified atom stereocenters. The molecule has 0 aromatic carbocycles. The van der Waals surface area contributed by atoms with Gasteiger partial charge in [-0.15, -0.1) is 0 Å². The predicted molar refractivity (Wildman–Crippen MR) is 82.1 cm³/mol. The second-order valence-corrected chi connectivity index (χ2v) is 5.55. The summed E-state index contributed by atoms with van der Waals surface area (Å²) in [6, 6.07) is 5.86. The number of amides is 1. The van der Waals surface area contributed by atoms with Crippen LogP contribution in [-0.2, 0) is 17.8 Å². The number of aryl methyl sites for hydroxylation is 1. The Morgan fingerprint density at radius 3 is 2.81 bits per heavy atom. The van der Waals surface area contributed by atoms with Crippen molar-refractivity contribution < 1.29 is 4.79 Å². The Balaban J connectivity index is 1.95. The van der Waals surface area contributed by atoms with Crippen molar-refractivity contribution in [2.45, 2.75) is 32.9 Å². The number of carbonyl (C=O) groups excluding carboxylic acids is 1. The van der Waals surface area contributed by atoms with Crippen molar-refractivity contribution in [2.24, 2.45) is 0 Å². The van der Waals surface area contributed by atoms with Crippen LogP contribution in [0.5, 0.6) is 0 Å². The molecule has 0 saturated heterocycles. The van der Waals surface area contributed by atoms with E-state index in [-0.39, 0.29) is 18.5 Å². The van der Waals surface area contributed by atoms with Crippen LogP contribution in [-0.4, -0.2) is 38.7 Å². The summed E-state index contributed by atoms with van der Waals surface area (Å²) in [5, 5.41) is 4.78. The molecule has 1 amide bonds. The fraction of sp³-hybridized carbons (Fsp3) is 0.400. The van der Waals surface area contributed by atoms with E-state index in [2.05, 4.69) is 10.1 Å². The van der Waals surface area contributed by atoms with Crippen LogP contribution in [0.3, 0.4) is 0 Å². The zero-order valence-corrected chi connectivity index (χ0v) is 13.2. The molecule has 2 rings (SSSR count). The fourth-order valence-corrected chi connectivity index (χ4v) is 2.18. The van der Waals surface area contributed by atoms with Crippen LogP contribution in [0.1, 0.15) is 18.3 Å². The highest BCUT2D eigenvalue weighted by Crippen LogP contribution is 2.12. The van der Waals surface area contributed by atoms with Gasteiger partial charge >= 0.3 is 0 Å². The van der Waals surface area contributed by atoms with Crippen LogP contribution in [0.15, 0.2) is 30.6 Å². The molecular weight excluding hydrogens is 288 g/mol. The van der Waals surface area contributed by atoms with Gasteiger partial charge in [-0.3, -0.25) is 14.5 Å². The van der Waals surface area contributed by atoms with Gasteiger partial charge in [0.1, 0.15) is 6.54 Å². The number of pyridine rings is 1. The largest absolute Gasteiger partial charge is 0.341 e. The molecule has 2 heterocycles. The zero-order valence-electron chi connectivity index (χ0n) is 12.5. The number of hydrogen-bond acceptors (Lipinski definition) is 3. The minimum absolute atomic E-state index is 0.00222. The monoisotopic (exact) mass is 306 g/mol. The van der Waals surface area contributed by atoms with Crippen molar-refractivity contribution in [3.8, 4) is 0 Å². The van der Waals surface area contributed by atoms with Gasteiger partial charge < -0.3 is 4.90 Å². The minimum atomic E-state index is -0.00222. The standard InChI is InChI=1S/C15H19ClN4O/c1-11(8-13-6-4-5-7-17-13)19(3)15(21)10-20-9-14(16)12(2)18-20/h4-7,9,11H,8,10H2,1-3H3/t11-/m0/s1. The van der Waals surface area contributed by atoms with Gasteiger partial charge in [0, 0.05) is 37.6 Å². The SMILES string of the molecule is Cc1nn(CC(=O)N(C)[C@@H](C)Cc2ccccn2)cc1Cl. The average molecular weight is 307 g/mol. The van der Waals surface area contributed by atoms with E-state index in [0.717, 1.165) is 17.8 Å². The average Bonchev–Trinajstić information content (AvgIpc) is 2.77. The summed E-state index contributed by atoms with van der Waals surface area (Å²) in [7, 11) is 1.80. The molecule has 112 valence electrons. The first kappa shape index (κ1) is 15.5. The normalized spacial score (nSPS) is 12.2. The Hall–Kier alpha value is -1.88. The molecule has 1 atom stereocenters. The van der Waals surface area contributed by atoms with Crippen LogP contribution < -0.4 is 0 Å². The second-order valence-electron chi connectivity index (χ2n) is 5.14. The molecule has 6 heteroatoms. The van der Waals surface area contributed by atoms with Crippen molar-refractivity contribution in [3.05, 3.63) is 47.0 Å². The number of aromatic nitrogens is 3. The summed E-state index contributed by atoms with van der Waals surface area (Å²) in [6.45, 7) is 4.02. The van der Waals surface area contributed by atoms with Crippen LogP contribution >= 0.6 is 11.6 Å². The summed E-state index contributed by atoms with van der Waals surface area (Å²) < 4.78 is 1.57. The number of halogens is 1. The molecule has 21 heavy (non-hydrogen) atoms. The van der Waals surface area contributed by atoms with Crippen LogP contribution in [0.2, 0.25) is 5.02 Å². The molecule has 0 aliphatic rings. The van der Waals surface area contributed by atoms with Gasteiger partial charge in [-0.25, -0.2) is 0 Å². The third-order valence-corrected chi connectivity index (χ3v) is 3.84. The van der Waals surface area contributed by atoms with E-state index in [1.165, 1.54) is 0 Å². The molecule has 0 N–H and O–H groups in total. The van der Waals surface area contributed by atoms with Crippen molar-refractivity contribution >= 4 is 17.5 Å². The van der Waals surface area contributed by atoms with Crippen LogP contribution in [0, 0.1) is 6.92 Å². The first-order valence-electron chi connectivity index (χ1n) is 6.82. The van der Waals surface area contributed by atoms with Crippen molar-refractivity contribution in [3.63, 3.8) is 0 Å². The second kappa shape index (κ2) is 6.72. The third-order valence-electron chi connectivity index (χ3n) is 3.47. The van der Waals surface area contributed by atoms with Gasteiger partial charge in [-0.1, -0.05) is 17.7 Å². The van der Waals surface area contributed by atoms with E-state index in [0.29, 0.717) is 5.02 Å². The smallest absolute Gasteiger partial charge is 0.244 e. The highest BCUT2D eigenvalue weighted by atomic mass is 35.5. The van der Waals surface area contributed by atoms with E-state index < -0.39 is 0 Å². The fourth-order valence-electron chi connectivity index (χ4n) is 2.03. The number of likely N-dealkylation sites (N-methyl/N-ethyl adjacent to an activating group) is 1. The highest BCUT2D eigenvalue weighted by Gasteiger charge is 2.17. The lowest BCUT2D eigenvalue weighted by Gasteiger charge is -2.24. The van der Waals surface area contributed by atoms with Gasteiger partial charge in [0.2, 0.25) is 5.91 Å². The van der Waals surface area contributed by atoms with Gasteiger partial charge in [-0.2, -0.15) is 5.10 Å². The maximum atomic E-state index is 12.3. The molecule has 0 saturated carbocycles. The van der Waals surface area contributed by atoms with E-state index in [1.807, 2.05) is 32.0 Å². The summed E-state index contributed by atoms with van der Waals surface area (Å²) in [5.41, 5.74) is 1.70. The molecular formula is C15H19ClN4O. The maximum Gasteiger partial charge on any atom is 0.244 e. The summed E-state index contributed by atoms with van der Waals surface area (Å²) >= 11 is 5.95. The number of rotatable bonds is 5. The van der Waals surface area contributed by atoms with Crippen LogP contribution in [0.25, 0.3) is 0 Å². The van der Waals surface area contributed by atoms with Crippen molar-refractivity contribution in [1.82, 2.24) is 19.7 Å². The first-order valence-corrected chi connectivity index (χ1v) is 7.20. The van der Waals surface area contributed by atoms with Gasteiger partial charge in [-0.05, 0) is 26.0 Å². The number of hydrogen-bond donors (Lipinski definition) is 0. The number of nitrogens with zero attached hydrogens (tertiary/aromatic N) is 4. The molecule has 5 nitrogen and oxygen atoms in total. The summed E-state index contributed by atoms with van der Waals surface area (Å²) in [4.78, 5) is 18.3. The molecule has 0 aliphatic carbocycles. The molecule has 0 radical (unpaired) electrons. The Morgan fingerprint density at radius 2 is 2.24 bits per heavy atom. The van der Waals surface area contributed by atoms with Crippen molar-refractivity contribution in [1.29, 1.82) is 0 Å². The van der Waals surface area contributed by atoms with Gasteiger partial charge in [0.25, 0.3) is 0 Å². The topological polar surface area (TPSA) is 51.0 Å². The lowest BCUT2D eigenvalue weighted by molar-refractivity contribution is -0.132. The van der Waals surface area contributed by atoms with Gasteiger partial charge in [0.15, 0.2) is 0 Å². The van der Waals surface area contributed by atoms with Crippen LogP contribution in [0.4, 0.5) is 0 Å². The molecule has 0 bridgehead atoms. The molecule has 0 spiro atoms. The minimum Gasteiger partial charge on any atom is -0.341 e. The first-order chi connectivity index (χ1) is 9.97. The van der Waals surface area contributed by atoms with E-state index in [1.54, 1.807) is 29.0 Å². The van der Waals surface area contributed by atoms with E-state index in [4.69, 9.17) is 11.6 Å². The molecule has 2 aromatic rings. The van der Waals surface area contributed by atoms with E-state index >= 15 is 0 Å². The quantitative estimate of drug-likeness (QED) is 0.852. The lowest BCUT2D eigenvalue weighted by atomic mass is 10.1. The molecule has 0 fully saturated rings. The molecule has 2 aromatic heterocycles. The Kier molecular flexibility index (Phi) is 4.96.